The third kappa shape index (κ3) is 2.44. The number of nitrogens with one attached hydrogen (secondary N) is 1. The van der Waals surface area contributed by atoms with Gasteiger partial charge in [-0.3, -0.25) is 0 Å². The van der Waals surface area contributed by atoms with Crippen molar-refractivity contribution in [2.75, 3.05) is 14.2 Å². The van der Waals surface area contributed by atoms with Gasteiger partial charge in [0, 0.05) is 18.2 Å². The van der Waals surface area contributed by atoms with E-state index in [9.17, 15) is 0 Å². The van der Waals surface area contributed by atoms with Crippen LogP contribution in [0.5, 0.6) is 11.5 Å². The molecular weight excluding hydrogens is 238 g/mol. The maximum Gasteiger partial charge on any atom is 0.165 e. The summed E-state index contributed by atoms with van der Waals surface area (Å²) in [5, 5.41) is 3.72. The van der Waals surface area contributed by atoms with E-state index in [0.717, 1.165) is 29.9 Å². The van der Waals surface area contributed by atoms with Gasteiger partial charge in [0.25, 0.3) is 0 Å². The molecule has 0 radical (unpaired) electrons. The van der Waals surface area contributed by atoms with E-state index < -0.39 is 0 Å². The Morgan fingerprint density at radius 2 is 2.05 bits per heavy atom. The molecule has 2 aliphatic carbocycles. The first-order valence-corrected chi connectivity index (χ1v) is 7.25. The van der Waals surface area contributed by atoms with Crippen LogP contribution in [0.15, 0.2) is 18.2 Å². The molecule has 2 saturated carbocycles. The fourth-order valence-electron chi connectivity index (χ4n) is 3.83. The van der Waals surface area contributed by atoms with E-state index in [1.807, 2.05) is 12.1 Å². The van der Waals surface area contributed by atoms with Gasteiger partial charge in [-0.25, -0.2) is 0 Å². The van der Waals surface area contributed by atoms with Crippen LogP contribution in [-0.4, -0.2) is 20.3 Å². The Balaban J connectivity index is 1.66. The highest BCUT2D eigenvalue weighted by Crippen LogP contribution is 2.44. The van der Waals surface area contributed by atoms with Gasteiger partial charge in [-0.05, 0) is 37.2 Å². The van der Waals surface area contributed by atoms with E-state index in [0.29, 0.717) is 6.04 Å². The first-order chi connectivity index (χ1) is 9.31. The molecule has 3 rings (SSSR count). The predicted molar refractivity (Wildman–Crippen MR) is 75.6 cm³/mol. The van der Waals surface area contributed by atoms with Gasteiger partial charge in [-0.1, -0.05) is 18.6 Å². The summed E-state index contributed by atoms with van der Waals surface area (Å²) >= 11 is 0. The van der Waals surface area contributed by atoms with E-state index in [2.05, 4.69) is 11.4 Å². The number of hydrogen-bond donors (Lipinski definition) is 1. The Morgan fingerprint density at radius 3 is 2.68 bits per heavy atom. The lowest BCUT2D eigenvalue weighted by atomic mass is 9.95. The first-order valence-electron chi connectivity index (χ1n) is 7.25. The molecule has 3 atom stereocenters. The van der Waals surface area contributed by atoms with Crippen LogP contribution in [0.1, 0.15) is 31.2 Å². The topological polar surface area (TPSA) is 30.5 Å². The van der Waals surface area contributed by atoms with E-state index >= 15 is 0 Å². The molecule has 0 unspecified atom stereocenters. The van der Waals surface area contributed by atoms with Gasteiger partial charge < -0.3 is 14.8 Å². The van der Waals surface area contributed by atoms with Gasteiger partial charge in [0.15, 0.2) is 11.5 Å². The zero-order chi connectivity index (χ0) is 13.2. The average Bonchev–Trinajstić information content (AvgIpc) is 3.06. The van der Waals surface area contributed by atoms with E-state index in [1.54, 1.807) is 14.2 Å². The highest BCUT2D eigenvalue weighted by atomic mass is 16.5. The molecule has 1 N–H and O–H groups in total. The summed E-state index contributed by atoms with van der Waals surface area (Å²) in [4.78, 5) is 0. The van der Waals surface area contributed by atoms with Gasteiger partial charge in [0.1, 0.15) is 0 Å². The Hall–Kier alpha value is -1.22. The molecule has 3 heteroatoms. The molecule has 0 spiro atoms. The predicted octanol–water partition coefficient (Wildman–Crippen LogP) is 2.98. The smallest absolute Gasteiger partial charge is 0.165 e. The van der Waals surface area contributed by atoms with Crippen molar-refractivity contribution in [3.63, 3.8) is 0 Å². The van der Waals surface area contributed by atoms with Crippen LogP contribution in [0, 0.1) is 11.8 Å². The van der Waals surface area contributed by atoms with Crippen LogP contribution in [0.3, 0.4) is 0 Å². The fourth-order valence-corrected chi connectivity index (χ4v) is 3.83. The van der Waals surface area contributed by atoms with Crippen molar-refractivity contribution in [1.82, 2.24) is 5.32 Å². The molecule has 0 saturated heterocycles. The monoisotopic (exact) mass is 261 g/mol. The lowest BCUT2D eigenvalue weighted by molar-refractivity contribution is 0.336. The maximum absolute atomic E-state index is 5.48. The first kappa shape index (κ1) is 12.8. The van der Waals surface area contributed by atoms with Crippen molar-refractivity contribution < 1.29 is 9.47 Å². The van der Waals surface area contributed by atoms with Crippen molar-refractivity contribution in [3.05, 3.63) is 23.8 Å². The van der Waals surface area contributed by atoms with Crippen molar-refractivity contribution in [1.29, 1.82) is 0 Å². The van der Waals surface area contributed by atoms with Crippen LogP contribution in [0.4, 0.5) is 0 Å². The molecule has 1 aromatic carbocycles. The van der Waals surface area contributed by atoms with Gasteiger partial charge in [0.05, 0.1) is 14.2 Å². The Bertz CT molecular complexity index is 446. The molecule has 2 aliphatic rings. The SMILES string of the molecule is COc1cccc(CN[C@H]2C[C@H]3CC[C@H]2C3)c1OC. The Kier molecular flexibility index (Phi) is 3.65. The number of fused-ring (bicyclic) bond motifs is 2. The molecular formula is C16H23NO2. The van der Waals surface area contributed by atoms with Crippen molar-refractivity contribution in [2.24, 2.45) is 11.8 Å². The second kappa shape index (κ2) is 5.41. The minimum atomic E-state index is 0.703. The summed E-state index contributed by atoms with van der Waals surface area (Å²) in [6.45, 7) is 0.869. The molecule has 1 aromatic rings. The quantitative estimate of drug-likeness (QED) is 0.884. The second-order valence-electron chi connectivity index (χ2n) is 5.81. The lowest BCUT2D eigenvalue weighted by Gasteiger charge is -2.23. The molecule has 19 heavy (non-hydrogen) atoms. The maximum atomic E-state index is 5.48. The summed E-state index contributed by atoms with van der Waals surface area (Å²) in [5.74, 6) is 3.56. The third-order valence-corrected chi connectivity index (χ3v) is 4.78. The summed E-state index contributed by atoms with van der Waals surface area (Å²) < 4.78 is 10.8. The van der Waals surface area contributed by atoms with E-state index in [4.69, 9.17) is 9.47 Å². The second-order valence-corrected chi connectivity index (χ2v) is 5.81. The standard InChI is InChI=1S/C16H23NO2/c1-18-15-5-3-4-13(16(15)19-2)10-17-14-9-11-6-7-12(14)8-11/h3-5,11-12,14,17H,6-10H2,1-2H3/t11-,12-,14-/m0/s1. The number of benzene rings is 1. The van der Waals surface area contributed by atoms with Gasteiger partial charge in [-0.15, -0.1) is 0 Å². The Morgan fingerprint density at radius 1 is 1.16 bits per heavy atom. The summed E-state index contributed by atoms with van der Waals surface area (Å²) in [6.07, 6.45) is 5.66. The van der Waals surface area contributed by atoms with Crippen molar-refractivity contribution >= 4 is 0 Å². The fraction of sp³-hybridized carbons (Fsp3) is 0.625. The molecule has 2 bridgehead atoms. The normalized spacial score (nSPS) is 28.6. The highest BCUT2D eigenvalue weighted by molar-refractivity contribution is 5.46. The van der Waals surface area contributed by atoms with Crippen LogP contribution in [0.2, 0.25) is 0 Å². The summed E-state index contributed by atoms with van der Waals surface area (Å²) in [5.41, 5.74) is 1.18. The third-order valence-electron chi connectivity index (χ3n) is 4.78. The van der Waals surface area contributed by atoms with Gasteiger partial charge >= 0.3 is 0 Å². The summed E-state index contributed by atoms with van der Waals surface area (Å²) in [7, 11) is 3.39. The van der Waals surface area contributed by atoms with Gasteiger partial charge in [-0.2, -0.15) is 0 Å². The van der Waals surface area contributed by atoms with E-state index in [1.165, 1.54) is 31.2 Å². The van der Waals surface area contributed by atoms with Crippen molar-refractivity contribution in [2.45, 2.75) is 38.3 Å². The number of rotatable bonds is 5. The molecule has 0 aliphatic heterocycles. The van der Waals surface area contributed by atoms with E-state index in [-0.39, 0.29) is 0 Å². The molecule has 0 amide bonds. The Labute approximate surface area is 115 Å². The van der Waals surface area contributed by atoms with Crippen LogP contribution >= 0.6 is 0 Å². The molecule has 2 fully saturated rings. The molecule has 3 nitrogen and oxygen atoms in total. The minimum Gasteiger partial charge on any atom is -0.493 e. The zero-order valence-electron chi connectivity index (χ0n) is 11.8. The number of methoxy groups -OCH3 is 2. The number of ether oxygens (including phenoxy) is 2. The largest absolute Gasteiger partial charge is 0.493 e. The minimum absolute atomic E-state index is 0.703. The van der Waals surface area contributed by atoms with Gasteiger partial charge in [0.2, 0.25) is 0 Å². The average molecular weight is 261 g/mol. The highest BCUT2D eigenvalue weighted by Gasteiger charge is 2.39. The number of para-hydroxylation sites is 1. The van der Waals surface area contributed by atoms with Crippen LogP contribution in [-0.2, 0) is 6.54 Å². The van der Waals surface area contributed by atoms with Crippen molar-refractivity contribution in [3.8, 4) is 11.5 Å². The lowest BCUT2D eigenvalue weighted by Crippen LogP contribution is -2.33. The number of hydrogen-bond acceptors (Lipinski definition) is 3. The summed E-state index contributed by atoms with van der Waals surface area (Å²) in [6, 6.07) is 6.79. The van der Waals surface area contributed by atoms with Crippen LogP contribution < -0.4 is 14.8 Å². The van der Waals surface area contributed by atoms with Crippen LogP contribution in [0.25, 0.3) is 0 Å². The molecule has 0 aromatic heterocycles. The molecule has 0 heterocycles. The molecule has 104 valence electrons. The zero-order valence-corrected chi connectivity index (χ0v) is 11.8.